The molecular formula is C12H18N4S. The molecule has 0 aliphatic heterocycles. The minimum absolute atomic E-state index is 0.130. The monoisotopic (exact) mass is 250 g/mol. The van der Waals surface area contributed by atoms with Crippen molar-refractivity contribution in [2.24, 2.45) is 5.73 Å². The Labute approximate surface area is 105 Å². The molecule has 2 aromatic rings. The highest BCUT2D eigenvalue weighted by atomic mass is 32.1. The molecule has 17 heavy (non-hydrogen) atoms. The first kappa shape index (κ1) is 12.3. The second kappa shape index (κ2) is 4.58. The summed E-state index contributed by atoms with van der Waals surface area (Å²) in [4.78, 5) is 13.2. The molecule has 0 aliphatic rings. The fourth-order valence-electron chi connectivity index (χ4n) is 1.97. The Hall–Kier alpha value is -1.20. The van der Waals surface area contributed by atoms with Crippen LogP contribution in [0.15, 0.2) is 6.33 Å². The van der Waals surface area contributed by atoms with E-state index in [1.165, 1.54) is 10.4 Å². The average molecular weight is 250 g/mol. The Balaban J connectivity index is 2.53. The number of anilines is 1. The topological polar surface area (TPSA) is 55.0 Å². The van der Waals surface area contributed by atoms with Crippen LogP contribution >= 0.6 is 11.3 Å². The van der Waals surface area contributed by atoms with Gasteiger partial charge in [-0.05, 0) is 26.3 Å². The molecule has 1 unspecified atom stereocenters. The van der Waals surface area contributed by atoms with Crippen LogP contribution in [0.25, 0.3) is 10.2 Å². The van der Waals surface area contributed by atoms with E-state index in [9.17, 15) is 0 Å². The summed E-state index contributed by atoms with van der Waals surface area (Å²) in [6.07, 6.45) is 1.63. The number of fused-ring (bicyclic) bond motifs is 1. The third-order valence-electron chi connectivity index (χ3n) is 2.87. The molecule has 0 amide bonds. The maximum absolute atomic E-state index is 5.84. The van der Waals surface area contributed by atoms with Crippen molar-refractivity contribution >= 4 is 27.4 Å². The summed E-state index contributed by atoms with van der Waals surface area (Å²) < 4.78 is 0. The van der Waals surface area contributed by atoms with E-state index < -0.39 is 0 Å². The van der Waals surface area contributed by atoms with Crippen LogP contribution in [0.5, 0.6) is 0 Å². The van der Waals surface area contributed by atoms with Crippen LogP contribution in [-0.2, 0) is 0 Å². The number of nitrogens with two attached hydrogens (primary N) is 1. The van der Waals surface area contributed by atoms with Gasteiger partial charge in [0.15, 0.2) is 0 Å². The molecule has 4 nitrogen and oxygen atoms in total. The lowest BCUT2D eigenvalue weighted by molar-refractivity contribution is 0.713. The molecule has 0 radical (unpaired) electrons. The molecule has 2 rings (SSSR count). The van der Waals surface area contributed by atoms with Gasteiger partial charge in [-0.1, -0.05) is 0 Å². The normalized spacial score (nSPS) is 13.0. The first-order chi connectivity index (χ1) is 8.00. The van der Waals surface area contributed by atoms with Crippen LogP contribution in [0.4, 0.5) is 5.82 Å². The molecule has 0 spiro atoms. The predicted octanol–water partition coefficient (Wildman–Crippen LogP) is 2.09. The van der Waals surface area contributed by atoms with Crippen LogP contribution in [-0.4, -0.2) is 29.6 Å². The number of aryl methyl sites for hydroxylation is 2. The fourth-order valence-corrected chi connectivity index (χ4v) is 2.96. The lowest BCUT2D eigenvalue weighted by atomic mass is 10.2. The number of likely N-dealkylation sites (N-methyl/N-ethyl adjacent to an activating group) is 1. The highest BCUT2D eigenvalue weighted by Crippen LogP contribution is 2.33. The quantitative estimate of drug-likeness (QED) is 0.906. The molecule has 0 aromatic carbocycles. The van der Waals surface area contributed by atoms with Gasteiger partial charge in [0.2, 0.25) is 0 Å². The van der Waals surface area contributed by atoms with Crippen LogP contribution in [0.3, 0.4) is 0 Å². The van der Waals surface area contributed by atoms with E-state index >= 15 is 0 Å². The van der Waals surface area contributed by atoms with Crippen LogP contribution in [0, 0.1) is 13.8 Å². The fraction of sp³-hybridized carbons (Fsp3) is 0.500. The van der Waals surface area contributed by atoms with E-state index in [0.29, 0.717) is 0 Å². The third kappa shape index (κ3) is 2.25. The Bertz CT molecular complexity index is 533. The second-order valence-electron chi connectivity index (χ2n) is 4.52. The van der Waals surface area contributed by atoms with Crippen LogP contribution < -0.4 is 10.6 Å². The van der Waals surface area contributed by atoms with Gasteiger partial charge in [-0.15, -0.1) is 11.3 Å². The maximum Gasteiger partial charge on any atom is 0.140 e. The number of thiophene rings is 1. The van der Waals surface area contributed by atoms with Crippen molar-refractivity contribution in [3.8, 4) is 0 Å². The van der Waals surface area contributed by atoms with Gasteiger partial charge in [0.1, 0.15) is 17.0 Å². The van der Waals surface area contributed by atoms with Crippen LogP contribution in [0.1, 0.15) is 17.4 Å². The third-order valence-corrected chi connectivity index (χ3v) is 3.98. The lowest BCUT2D eigenvalue weighted by Gasteiger charge is -2.21. The molecule has 0 aliphatic carbocycles. The second-order valence-corrected chi connectivity index (χ2v) is 5.72. The number of hydrogen-bond donors (Lipinski definition) is 1. The number of rotatable bonds is 3. The van der Waals surface area contributed by atoms with Gasteiger partial charge in [-0.2, -0.15) is 0 Å². The summed E-state index contributed by atoms with van der Waals surface area (Å²) >= 11 is 1.72. The van der Waals surface area contributed by atoms with E-state index in [0.717, 1.165) is 22.6 Å². The van der Waals surface area contributed by atoms with E-state index in [-0.39, 0.29) is 6.04 Å². The summed E-state index contributed by atoms with van der Waals surface area (Å²) in [5.74, 6) is 0.981. The van der Waals surface area contributed by atoms with Gasteiger partial charge < -0.3 is 10.6 Å². The van der Waals surface area contributed by atoms with Crippen molar-refractivity contribution in [3.63, 3.8) is 0 Å². The molecule has 0 bridgehead atoms. The Morgan fingerprint density at radius 3 is 2.76 bits per heavy atom. The Morgan fingerprint density at radius 2 is 2.12 bits per heavy atom. The molecule has 2 N–H and O–H groups in total. The summed E-state index contributed by atoms with van der Waals surface area (Å²) in [7, 11) is 2.03. The van der Waals surface area contributed by atoms with Crippen molar-refractivity contribution in [1.82, 2.24) is 9.97 Å². The minimum atomic E-state index is 0.130. The molecule has 2 heterocycles. The molecule has 1 atom stereocenters. The van der Waals surface area contributed by atoms with Crippen molar-refractivity contribution in [1.29, 1.82) is 0 Å². The van der Waals surface area contributed by atoms with Crippen molar-refractivity contribution in [3.05, 3.63) is 16.8 Å². The number of hydrogen-bond acceptors (Lipinski definition) is 5. The SMILES string of the molecule is Cc1sc2ncnc(N(C)CC(C)N)c2c1C. The zero-order valence-corrected chi connectivity index (χ0v) is 11.5. The zero-order chi connectivity index (χ0) is 12.6. The van der Waals surface area contributed by atoms with E-state index in [1.807, 2.05) is 14.0 Å². The van der Waals surface area contributed by atoms with Crippen LogP contribution in [0.2, 0.25) is 0 Å². The van der Waals surface area contributed by atoms with Gasteiger partial charge in [0.05, 0.1) is 5.39 Å². The number of nitrogens with zero attached hydrogens (tertiary/aromatic N) is 3. The summed E-state index contributed by atoms with van der Waals surface area (Å²) in [5.41, 5.74) is 7.11. The molecular weight excluding hydrogens is 232 g/mol. The molecule has 92 valence electrons. The standard InChI is InChI=1S/C12H18N4S/c1-7(13)5-16(4)11-10-8(2)9(3)17-12(10)15-6-14-11/h6-7H,5,13H2,1-4H3. The lowest BCUT2D eigenvalue weighted by Crippen LogP contribution is -2.33. The van der Waals surface area contributed by atoms with Crippen molar-refractivity contribution < 1.29 is 0 Å². The summed E-state index contributed by atoms with van der Waals surface area (Å²) in [5, 5.41) is 1.16. The van der Waals surface area contributed by atoms with Gasteiger partial charge in [0.25, 0.3) is 0 Å². The van der Waals surface area contributed by atoms with E-state index in [1.54, 1.807) is 17.7 Å². The summed E-state index contributed by atoms with van der Waals surface area (Å²) in [6, 6.07) is 0.130. The molecule has 2 aromatic heterocycles. The van der Waals surface area contributed by atoms with Gasteiger partial charge in [0, 0.05) is 24.5 Å². The van der Waals surface area contributed by atoms with Crippen molar-refractivity contribution in [2.45, 2.75) is 26.8 Å². The van der Waals surface area contributed by atoms with E-state index in [2.05, 4.69) is 28.7 Å². The minimum Gasteiger partial charge on any atom is -0.357 e. The highest BCUT2D eigenvalue weighted by molar-refractivity contribution is 7.18. The Kier molecular flexibility index (Phi) is 3.31. The van der Waals surface area contributed by atoms with Gasteiger partial charge in [-0.25, -0.2) is 9.97 Å². The largest absolute Gasteiger partial charge is 0.357 e. The van der Waals surface area contributed by atoms with E-state index in [4.69, 9.17) is 5.73 Å². The van der Waals surface area contributed by atoms with Gasteiger partial charge >= 0.3 is 0 Å². The highest BCUT2D eigenvalue weighted by Gasteiger charge is 2.15. The Morgan fingerprint density at radius 1 is 1.41 bits per heavy atom. The molecule has 0 saturated carbocycles. The maximum atomic E-state index is 5.84. The van der Waals surface area contributed by atoms with Gasteiger partial charge in [-0.3, -0.25) is 0 Å². The first-order valence-electron chi connectivity index (χ1n) is 5.68. The average Bonchev–Trinajstić information content (AvgIpc) is 2.54. The predicted molar refractivity (Wildman–Crippen MR) is 73.8 cm³/mol. The summed E-state index contributed by atoms with van der Waals surface area (Å²) in [6.45, 7) is 7.04. The molecule has 0 fully saturated rings. The smallest absolute Gasteiger partial charge is 0.140 e. The van der Waals surface area contributed by atoms with Crippen molar-refractivity contribution in [2.75, 3.05) is 18.5 Å². The molecule has 0 saturated heterocycles. The molecule has 5 heteroatoms. The number of aromatic nitrogens is 2. The first-order valence-corrected chi connectivity index (χ1v) is 6.49. The zero-order valence-electron chi connectivity index (χ0n) is 10.7.